The summed E-state index contributed by atoms with van der Waals surface area (Å²) >= 11 is 1.60. The molecule has 0 bridgehead atoms. The number of nitrogen functional groups attached to an aromatic ring is 1. The average Bonchev–Trinajstić information content (AvgIpc) is 2.74. The van der Waals surface area contributed by atoms with E-state index in [-0.39, 0.29) is 12.4 Å². The van der Waals surface area contributed by atoms with Gasteiger partial charge in [0.05, 0.1) is 0 Å². The van der Waals surface area contributed by atoms with Gasteiger partial charge in [-0.1, -0.05) is 12.8 Å². The number of anilines is 1. The quantitative estimate of drug-likeness (QED) is 0.936. The van der Waals surface area contributed by atoms with Gasteiger partial charge in [-0.05, 0) is 37.1 Å². The van der Waals surface area contributed by atoms with Gasteiger partial charge in [0.2, 0.25) is 0 Å². The van der Waals surface area contributed by atoms with Gasteiger partial charge in [0.1, 0.15) is 0 Å². The van der Waals surface area contributed by atoms with Crippen molar-refractivity contribution in [3.05, 3.63) is 41.2 Å². The molecule has 0 radical (unpaired) electrons. The van der Waals surface area contributed by atoms with Crippen LogP contribution in [0.15, 0.2) is 30.7 Å². The summed E-state index contributed by atoms with van der Waals surface area (Å²) in [6.07, 6.45) is 10.8. The fourth-order valence-corrected chi connectivity index (χ4v) is 3.63. The van der Waals surface area contributed by atoms with E-state index in [9.17, 15) is 0 Å². The molecule has 1 aliphatic heterocycles. The fraction of sp³-hybridized carbons (Fsp3) is 0.467. The largest absolute Gasteiger partial charge is 0.375 e. The molecule has 6 heteroatoms. The fourth-order valence-electron chi connectivity index (χ4n) is 2.92. The summed E-state index contributed by atoms with van der Waals surface area (Å²) < 4.78 is 0. The molecular weight excluding hydrogens is 304 g/mol. The summed E-state index contributed by atoms with van der Waals surface area (Å²) in [6.45, 7) is 2.09. The van der Waals surface area contributed by atoms with E-state index in [1.807, 2.05) is 18.6 Å². The highest BCUT2D eigenvalue weighted by Gasteiger charge is 2.23. The minimum Gasteiger partial charge on any atom is -0.375 e. The molecule has 3 rings (SSSR count). The molecule has 114 valence electrons. The Morgan fingerprint density at radius 3 is 2.76 bits per heavy atom. The molecule has 0 aliphatic carbocycles. The number of pyridine rings is 1. The van der Waals surface area contributed by atoms with Gasteiger partial charge in [-0.2, -0.15) is 0 Å². The number of hydrogen-bond donors (Lipinski definition) is 1. The van der Waals surface area contributed by atoms with Crippen LogP contribution in [0.2, 0.25) is 0 Å². The van der Waals surface area contributed by atoms with Crippen molar-refractivity contribution in [1.82, 2.24) is 14.9 Å². The minimum absolute atomic E-state index is 0. The lowest BCUT2D eigenvalue weighted by Gasteiger charge is -2.29. The van der Waals surface area contributed by atoms with E-state index in [1.165, 1.54) is 36.1 Å². The molecule has 0 spiro atoms. The summed E-state index contributed by atoms with van der Waals surface area (Å²) in [6, 6.07) is 4.78. The van der Waals surface area contributed by atoms with E-state index in [4.69, 9.17) is 5.73 Å². The Morgan fingerprint density at radius 1 is 1.24 bits per heavy atom. The van der Waals surface area contributed by atoms with Gasteiger partial charge in [0.15, 0.2) is 5.13 Å². The summed E-state index contributed by atoms with van der Waals surface area (Å²) in [5, 5.41) is 0.662. The number of rotatable bonds is 3. The Bertz CT molecular complexity index is 546. The van der Waals surface area contributed by atoms with Crippen LogP contribution in [0.5, 0.6) is 0 Å². The highest BCUT2D eigenvalue weighted by molar-refractivity contribution is 7.15. The second-order valence-electron chi connectivity index (χ2n) is 5.28. The second-order valence-corrected chi connectivity index (χ2v) is 6.43. The number of thiazole rings is 1. The summed E-state index contributed by atoms with van der Waals surface area (Å²) in [5.41, 5.74) is 7.12. The van der Waals surface area contributed by atoms with Crippen molar-refractivity contribution in [2.24, 2.45) is 0 Å². The monoisotopic (exact) mass is 324 g/mol. The van der Waals surface area contributed by atoms with Crippen molar-refractivity contribution in [1.29, 1.82) is 0 Å². The van der Waals surface area contributed by atoms with Gasteiger partial charge in [-0.25, -0.2) is 4.98 Å². The molecule has 1 fully saturated rings. The number of aromatic nitrogens is 2. The zero-order chi connectivity index (χ0) is 13.8. The van der Waals surface area contributed by atoms with Crippen LogP contribution < -0.4 is 5.73 Å². The van der Waals surface area contributed by atoms with E-state index in [2.05, 4.69) is 27.0 Å². The van der Waals surface area contributed by atoms with Gasteiger partial charge >= 0.3 is 0 Å². The van der Waals surface area contributed by atoms with Crippen LogP contribution in [0.3, 0.4) is 0 Å². The molecule has 2 aromatic heterocycles. The van der Waals surface area contributed by atoms with Crippen LogP contribution in [-0.4, -0.2) is 21.4 Å². The van der Waals surface area contributed by atoms with Gasteiger partial charge in [0.25, 0.3) is 0 Å². The van der Waals surface area contributed by atoms with Crippen LogP contribution in [-0.2, 0) is 6.54 Å². The van der Waals surface area contributed by atoms with Crippen LogP contribution in [0.25, 0.3) is 0 Å². The number of nitrogens with zero attached hydrogens (tertiary/aromatic N) is 3. The molecule has 1 unspecified atom stereocenters. The van der Waals surface area contributed by atoms with E-state index >= 15 is 0 Å². The van der Waals surface area contributed by atoms with Crippen LogP contribution in [0, 0.1) is 0 Å². The predicted molar refractivity (Wildman–Crippen MR) is 89.6 cm³/mol. The SMILES string of the molecule is Cl.Nc1ncc(CN2CCCCCC2c2ccncc2)s1. The van der Waals surface area contributed by atoms with Crippen LogP contribution in [0.1, 0.15) is 42.2 Å². The van der Waals surface area contributed by atoms with E-state index in [0.717, 1.165) is 13.1 Å². The molecule has 0 aromatic carbocycles. The third kappa shape index (κ3) is 4.15. The third-order valence-electron chi connectivity index (χ3n) is 3.88. The van der Waals surface area contributed by atoms with Crippen molar-refractivity contribution in [2.75, 3.05) is 12.3 Å². The lowest BCUT2D eigenvalue weighted by atomic mass is 10.0. The van der Waals surface area contributed by atoms with Crippen molar-refractivity contribution >= 4 is 28.9 Å². The lowest BCUT2D eigenvalue weighted by molar-refractivity contribution is 0.194. The van der Waals surface area contributed by atoms with Crippen molar-refractivity contribution in [3.63, 3.8) is 0 Å². The summed E-state index contributed by atoms with van der Waals surface area (Å²) in [5.74, 6) is 0. The highest BCUT2D eigenvalue weighted by Crippen LogP contribution is 2.32. The first-order chi connectivity index (χ1) is 9.83. The molecule has 2 aromatic rings. The first-order valence-corrected chi connectivity index (χ1v) is 7.99. The van der Waals surface area contributed by atoms with Crippen LogP contribution in [0.4, 0.5) is 5.13 Å². The number of nitrogens with two attached hydrogens (primary N) is 1. The maximum atomic E-state index is 5.74. The molecule has 21 heavy (non-hydrogen) atoms. The maximum Gasteiger partial charge on any atom is 0.180 e. The molecule has 0 saturated carbocycles. The van der Waals surface area contributed by atoms with Crippen molar-refractivity contribution in [3.8, 4) is 0 Å². The Hall–Kier alpha value is -1.17. The smallest absolute Gasteiger partial charge is 0.180 e. The Balaban J connectivity index is 0.00000161. The molecular formula is C15H21ClN4S. The molecule has 4 nitrogen and oxygen atoms in total. The molecule has 3 heterocycles. The van der Waals surface area contributed by atoms with Gasteiger partial charge in [-0.3, -0.25) is 9.88 Å². The van der Waals surface area contributed by atoms with Crippen LogP contribution >= 0.6 is 23.7 Å². The minimum atomic E-state index is 0. The molecule has 0 amide bonds. The molecule has 1 atom stereocenters. The lowest BCUT2D eigenvalue weighted by Crippen LogP contribution is -2.27. The Kier molecular flexibility index (Phi) is 5.96. The average molecular weight is 325 g/mol. The predicted octanol–water partition coefficient (Wildman–Crippen LogP) is 3.66. The number of hydrogen-bond acceptors (Lipinski definition) is 5. The molecule has 1 aliphatic rings. The summed E-state index contributed by atoms with van der Waals surface area (Å²) in [4.78, 5) is 12.1. The van der Waals surface area contributed by atoms with Gasteiger partial charge in [-0.15, -0.1) is 23.7 Å². The van der Waals surface area contributed by atoms with Gasteiger partial charge in [0, 0.05) is 36.1 Å². The van der Waals surface area contributed by atoms with E-state index < -0.39 is 0 Å². The standard InChI is InChI=1S/C15H20N4S.ClH/c16-15-18-10-13(20-15)11-19-9-3-1-2-4-14(19)12-5-7-17-8-6-12;/h5-8,10,14H,1-4,9,11H2,(H2,16,18);1H. The van der Waals surface area contributed by atoms with E-state index in [1.54, 1.807) is 11.3 Å². The Morgan fingerprint density at radius 2 is 2.05 bits per heavy atom. The first-order valence-electron chi connectivity index (χ1n) is 7.17. The zero-order valence-corrected chi connectivity index (χ0v) is 13.6. The second kappa shape index (κ2) is 7.73. The summed E-state index contributed by atoms with van der Waals surface area (Å²) in [7, 11) is 0. The van der Waals surface area contributed by atoms with Crippen molar-refractivity contribution < 1.29 is 0 Å². The van der Waals surface area contributed by atoms with Gasteiger partial charge < -0.3 is 5.73 Å². The van der Waals surface area contributed by atoms with Crippen molar-refractivity contribution in [2.45, 2.75) is 38.3 Å². The third-order valence-corrected chi connectivity index (χ3v) is 4.70. The topological polar surface area (TPSA) is 55.0 Å². The molecule has 1 saturated heterocycles. The first kappa shape index (κ1) is 16.2. The Labute approximate surface area is 135 Å². The highest BCUT2D eigenvalue weighted by atomic mass is 35.5. The number of halogens is 1. The molecule has 2 N–H and O–H groups in total. The van der Waals surface area contributed by atoms with E-state index in [0.29, 0.717) is 11.2 Å². The number of likely N-dealkylation sites (tertiary alicyclic amines) is 1. The zero-order valence-electron chi connectivity index (χ0n) is 11.9. The normalized spacial score (nSPS) is 19.7. The maximum absolute atomic E-state index is 5.74.